The van der Waals surface area contributed by atoms with Crippen molar-refractivity contribution in [3.8, 4) is 0 Å². The molecule has 0 atom stereocenters. The van der Waals surface area contributed by atoms with Crippen LogP contribution in [0.2, 0.25) is 0 Å². The molecule has 0 radical (unpaired) electrons. The van der Waals surface area contributed by atoms with Crippen LogP contribution in [0.15, 0.2) is 48.5 Å². The molecule has 0 bridgehead atoms. The van der Waals surface area contributed by atoms with E-state index in [0.717, 1.165) is 5.69 Å². The van der Waals surface area contributed by atoms with Gasteiger partial charge in [0, 0.05) is 44.1 Å². The lowest BCUT2D eigenvalue weighted by Crippen LogP contribution is -2.50. The number of amides is 2. The Hall–Kier alpha value is -2.72. The van der Waals surface area contributed by atoms with Gasteiger partial charge in [-0.15, -0.1) is 0 Å². The van der Waals surface area contributed by atoms with Crippen LogP contribution in [0.25, 0.3) is 0 Å². The fraction of sp³-hybridized carbons (Fsp3) is 0.316. The number of anilines is 2. The number of rotatable bonds is 6. The highest BCUT2D eigenvalue weighted by atomic mass is 32.2. The molecule has 7 nitrogen and oxygen atoms in total. The Labute approximate surface area is 168 Å². The second-order valence-corrected chi connectivity index (χ2v) is 8.65. The summed E-state index contributed by atoms with van der Waals surface area (Å²) in [6, 6.07) is 10.8. The van der Waals surface area contributed by atoms with E-state index >= 15 is 0 Å². The van der Waals surface area contributed by atoms with Crippen molar-refractivity contribution in [1.29, 1.82) is 0 Å². The molecule has 0 unspecified atom stereocenters. The zero-order valence-corrected chi connectivity index (χ0v) is 16.5. The Bertz CT molecular complexity index is 929. The molecule has 1 aliphatic rings. The third-order valence-electron chi connectivity index (χ3n) is 4.57. The predicted molar refractivity (Wildman–Crippen MR) is 107 cm³/mol. The Kier molecular flexibility index (Phi) is 6.65. The standard InChI is InChI=1S/C19H22F2N4O3S/c20-15-1-5-17(6-2-15)23-19(26)22-9-14-29(27,28)25-12-10-24(11-13-25)18-7-3-16(21)4-8-18/h1-8H,9-14H2,(H2,22,23,26). The molecule has 1 heterocycles. The van der Waals surface area contributed by atoms with Gasteiger partial charge in [-0.3, -0.25) is 0 Å². The molecule has 3 rings (SSSR count). The van der Waals surface area contributed by atoms with Gasteiger partial charge in [-0.05, 0) is 48.5 Å². The van der Waals surface area contributed by atoms with Gasteiger partial charge in [0.15, 0.2) is 0 Å². The zero-order valence-electron chi connectivity index (χ0n) is 15.6. The number of nitrogens with one attached hydrogen (secondary N) is 2. The van der Waals surface area contributed by atoms with E-state index in [2.05, 4.69) is 10.6 Å². The number of carbonyl (C=O) groups is 1. The fourth-order valence-corrected chi connectivity index (χ4v) is 4.35. The van der Waals surface area contributed by atoms with Crippen LogP contribution in [-0.4, -0.2) is 57.2 Å². The van der Waals surface area contributed by atoms with Crippen LogP contribution < -0.4 is 15.5 Å². The molecule has 2 amide bonds. The van der Waals surface area contributed by atoms with Crippen molar-refractivity contribution in [2.24, 2.45) is 0 Å². The molecule has 0 aromatic heterocycles. The third-order valence-corrected chi connectivity index (χ3v) is 6.44. The summed E-state index contributed by atoms with van der Waals surface area (Å²) in [5.41, 5.74) is 1.26. The molecule has 1 saturated heterocycles. The number of nitrogens with zero attached hydrogens (tertiary/aromatic N) is 2. The van der Waals surface area contributed by atoms with Crippen LogP contribution >= 0.6 is 0 Å². The maximum Gasteiger partial charge on any atom is 0.319 e. The van der Waals surface area contributed by atoms with Crippen molar-refractivity contribution in [3.05, 3.63) is 60.2 Å². The third kappa shape index (κ3) is 5.88. The molecule has 0 aliphatic carbocycles. The lowest BCUT2D eigenvalue weighted by Gasteiger charge is -2.35. The number of piperazine rings is 1. The first-order valence-corrected chi connectivity index (χ1v) is 10.7. The molecule has 0 saturated carbocycles. The van der Waals surface area contributed by atoms with Crippen LogP contribution in [0.5, 0.6) is 0 Å². The van der Waals surface area contributed by atoms with Gasteiger partial charge in [0.25, 0.3) is 0 Å². The van der Waals surface area contributed by atoms with E-state index in [0.29, 0.717) is 31.9 Å². The van der Waals surface area contributed by atoms with Gasteiger partial charge in [0.05, 0.1) is 5.75 Å². The predicted octanol–water partition coefficient (Wildman–Crippen LogP) is 2.24. The molecular formula is C19H22F2N4O3S. The molecular weight excluding hydrogens is 402 g/mol. The Morgan fingerprint density at radius 3 is 2.03 bits per heavy atom. The van der Waals surface area contributed by atoms with Crippen LogP contribution in [0.1, 0.15) is 0 Å². The van der Waals surface area contributed by atoms with Gasteiger partial charge in [-0.2, -0.15) is 4.31 Å². The summed E-state index contributed by atoms with van der Waals surface area (Å²) in [4.78, 5) is 13.8. The average molecular weight is 424 g/mol. The van der Waals surface area contributed by atoms with E-state index in [4.69, 9.17) is 0 Å². The van der Waals surface area contributed by atoms with E-state index in [1.165, 1.54) is 40.7 Å². The van der Waals surface area contributed by atoms with E-state index < -0.39 is 21.9 Å². The average Bonchev–Trinajstić information content (AvgIpc) is 2.70. The smallest absolute Gasteiger partial charge is 0.319 e. The van der Waals surface area contributed by atoms with Crippen molar-refractivity contribution in [1.82, 2.24) is 9.62 Å². The zero-order chi connectivity index (χ0) is 20.9. The number of hydrogen-bond donors (Lipinski definition) is 2. The van der Waals surface area contributed by atoms with Crippen molar-refractivity contribution >= 4 is 27.4 Å². The topological polar surface area (TPSA) is 81.8 Å². The lowest BCUT2D eigenvalue weighted by atomic mass is 10.2. The first-order chi connectivity index (χ1) is 13.8. The molecule has 10 heteroatoms. The van der Waals surface area contributed by atoms with Gasteiger partial charge in [0.2, 0.25) is 10.0 Å². The number of benzene rings is 2. The minimum Gasteiger partial charge on any atom is -0.369 e. The van der Waals surface area contributed by atoms with Crippen molar-refractivity contribution in [2.45, 2.75) is 0 Å². The van der Waals surface area contributed by atoms with Gasteiger partial charge in [0.1, 0.15) is 11.6 Å². The van der Waals surface area contributed by atoms with Crippen molar-refractivity contribution < 1.29 is 22.0 Å². The minimum atomic E-state index is -3.52. The quantitative estimate of drug-likeness (QED) is 0.745. The number of sulfonamides is 1. The highest BCUT2D eigenvalue weighted by Crippen LogP contribution is 2.18. The SMILES string of the molecule is O=C(NCCS(=O)(=O)N1CCN(c2ccc(F)cc2)CC1)Nc1ccc(F)cc1. The van der Waals surface area contributed by atoms with E-state index in [1.807, 2.05) is 4.90 Å². The number of hydrogen-bond acceptors (Lipinski definition) is 4. The molecule has 2 aromatic rings. The summed E-state index contributed by atoms with van der Waals surface area (Å²) in [7, 11) is -3.52. The molecule has 0 spiro atoms. The minimum absolute atomic E-state index is 0.0481. The monoisotopic (exact) mass is 424 g/mol. The Morgan fingerprint density at radius 1 is 0.897 bits per heavy atom. The number of halogens is 2. The molecule has 2 aromatic carbocycles. The van der Waals surface area contributed by atoms with E-state index in [9.17, 15) is 22.0 Å². The largest absolute Gasteiger partial charge is 0.369 e. The number of carbonyl (C=O) groups excluding carboxylic acids is 1. The normalized spacial score (nSPS) is 15.2. The summed E-state index contributed by atoms with van der Waals surface area (Å²) in [5, 5.41) is 4.99. The van der Waals surface area contributed by atoms with Gasteiger partial charge in [-0.25, -0.2) is 22.0 Å². The fourth-order valence-electron chi connectivity index (χ4n) is 3.01. The molecule has 29 heavy (non-hydrogen) atoms. The van der Waals surface area contributed by atoms with Crippen molar-refractivity contribution in [2.75, 3.05) is 48.7 Å². The van der Waals surface area contributed by atoms with Gasteiger partial charge >= 0.3 is 6.03 Å². The van der Waals surface area contributed by atoms with Crippen LogP contribution in [0, 0.1) is 11.6 Å². The first-order valence-electron chi connectivity index (χ1n) is 9.12. The second kappa shape index (κ2) is 9.19. The first kappa shape index (κ1) is 21.0. The maximum absolute atomic E-state index is 13.0. The van der Waals surface area contributed by atoms with Gasteiger partial charge in [-0.1, -0.05) is 0 Å². The second-order valence-electron chi connectivity index (χ2n) is 6.57. The Balaban J connectivity index is 1.43. The molecule has 1 fully saturated rings. The van der Waals surface area contributed by atoms with Gasteiger partial charge < -0.3 is 15.5 Å². The summed E-state index contributed by atoms with van der Waals surface area (Å²) >= 11 is 0. The molecule has 2 N–H and O–H groups in total. The van der Waals surface area contributed by atoms with Crippen LogP contribution in [0.3, 0.4) is 0 Å². The summed E-state index contributed by atoms with van der Waals surface area (Å²) in [5.74, 6) is -0.951. The summed E-state index contributed by atoms with van der Waals surface area (Å²) < 4.78 is 52.3. The van der Waals surface area contributed by atoms with Crippen LogP contribution in [-0.2, 0) is 10.0 Å². The van der Waals surface area contributed by atoms with Crippen LogP contribution in [0.4, 0.5) is 25.0 Å². The number of urea groups is 1. The highest BCUT2D eigenvalue weighted by molar-refractivity contribution is 7.89. The highest BCUT2D eigenvalue weighted by Gasteiger charge is 2.26. The molecule has 156 valence electrons. The van der Waals surface area contributed by atoms with Crippen molar-refractivity contribution in [3.63, 3.8) is 0 Å². The maximum atomic E-state index is 13.0. The lowest BCUT2D eigenvalue weighted by molar-refractivity contribution is 0.252. The molecule has 1 aliphatic heterocycles. The van der Waals surface area contributed by atoms with E-state index in [-0.39, 0.29) is 18.1 Å². The summed E-state index contributed by atoms with van der Waals surface area (Å²) in [6.45, 7) is 1.60. The van der Waals surface area contributed by atoms with E-state index in [1.54, 1.807) is 12.1 Å². The Morgan fingerprint density at radius 2 is 1.45 bits per heavy atom. The summed E-state index contributed by atoms with van der Waals surface area (Å²) in [6.07, 6.45) is 0.